The van der Waals surface area contributed by atoms with Gasteiger partial charge in [0.25, 0.3) is 0 Å². The number of nitrogens with two attached hydrogens (primary N) is 1. The maximum absolute atomic E-state index is 12.2. The maximum atomic E-state index is 12.2. The van der Waals surface area contributed by atoms with Gasteiger partial charge in [-0.15, -0.1) is 18.3 Å². The molecular formula is C16H11F3N6O3. The summed E-state index contributed by atoms with van der Waals surface area (Å²) in [4.78, 5) is 22.4. The van der Waals surface area contributed by atoms with Gasteiger partial charge in [0.2, 0.25) is 5.88 Å². The van der Waals surface area contributed by atoms with Crippen molar-refractivity contribution in [2.45, 2.75) is 6.36 Å². The molecule has 0 aliphatic heterocycles. The third-order valence-electron chi connectivity index (χ3n) is 3.09. The van der Waals surface area contributed by atoms with Crippen molar-refractivity contribution >= 4 is 18.2 Å². The Hall–Kier alpha value is -3.96. The van der Waals surface area contributed by atoms with E-state index >= 15 is 0 Å². The van der Waals surface area contributed by atoms with E-state index in [1.165, 1.54) is 29.3 Å². The van der Waals surface area contributed by atoms with E-state index in [0.717, 1.165) is 12.3 Å². The van der Waals surface area contributed by atoms with Crippen LogP contribution in [0.3, 0.4) is 0 Å². The zero-order chi connectivity index (χ0) is 20.1. The van der Waals surface area contributed by atoms with Crippen molar-refractivity contribution in [2.75, 3.05) is 0 Å². The second-order valence-corrected chi connectivity index (χ2v) is 5.13. The van der Waals surface area contributed by atoms with Crippen LogP contribution in [-0.4, -0.2) is 37.2 Å². The number of halogens is 3. The van der Waals surface area contributed by atoms with Gasteiger partial charge in [0, 0.05) is 12.3 Å². The van der Waals surface area contributed by atoms with E-state index in [9.17, 15) is 18.0 Å². The number of ether oxygens (including phenoxy) is 2. The Morgan fingerprint density at radius 3 is 2.50 bits per heavy atom. The Morgan fingerprint density at radius 2 is 1.89 bits per heavy atom. The van der Waals surface area contributed by atoms with Crippen molar-refractivity contribution < 1.29 is 27.4 Å². The average Bonchev–Trinajstić information content (AvgIpc) is 3.09. The summed E-state index contributed by atoms with van der Waals surface area (Å²) in [7, 11) is 0. The second-order valence-electron chi connectivity index (χ2n) is 5.13. The number of hydrogen-bond acceptors (Lipinski definition) is 7. The molecule has 2 N–H and O–H groups in total. The molecule has 9 nitrogen and oxygen atoms in total. The summed E-state index contributed by atoms with van der Waals surface area (Å²) in [6, 6.07) is 5.53. The third kappa shape index (κ3) is 5.27. The SMILES string of the molecule is NC(=O)Oc1ccc(C=Cc2ncn(-c3ccc(OC(F)(F)F)cn3)n2)cn1. The minimum atomic E-state index is -4.78. The molecule has 0 spiro atoms. The van der Waals surface area contributed by atoms with Crippen LogP contribution in [0.15, 0.2) is 43.0 Å². The normalized spacial score (nSPS) is 11.5. The standard InChI is InChI=1S/C16H11F3N6O3/c17-16(18,19)28-11-3-5-13(21-8-11)25-9-23-12(24-25)4-1-10-2-6-14(22-7-10)27-15(20)26/h1-9H,(H2,20,26). The van der Waals surface area contributed by atoms with Gasteiger partial charge in [-0.05, 0) is 35.9 Å². The van der Waals surface area contributed by atoms with Crippen molar-refractivity contribution in [1.29, 1.82) is 0 Å². The zero-order valence-corrected chi connectivity index (χ0v) is 13.9. The Kier molecular flexibility index (Phi) is 5.20. The Morgan fingerprint density at radius 1 is 1.07 bits per heavy atom. The fourth-order valence-corrected chi connectivity index (χ4v) is 1.99. The van der Waals surface area contributed by atoms with Crippen LogP contribution in [0.5, 0.6) is 11.6 Å². The van der Waals surface area contributed by atoms with Crippen LogP contribution in [0.4, 0.5) is 18.0 Å². The minimum Gasteiger partial charge on any atom is -0.404 e. The van der Waals surface area contributed by atoms with E-state index in [0.29, 0.717) is 11.4 Å². The smallest absolute Gasteiger partial charge is 0.404 e. The van der Waals surface area contributed by atoms with E-state index in [1.54, 1.807) is 18.2 Å². The van der Waals surface area contributed by atoms with E-state index in [-0.39, 0.29) is 11.7 Å². The van der Waals surface area contributed by atoms with Crippen LogP contribution in [-0.2, 0) is 0 Å². The van der Waals surface area contributed by atoms with Crippen LogP contribution in [0, 0.1) is 0 Å². The summed E-state index contributed by atoms with van der Waals surface area (Å²) in [5, 5.41) is 4.14. The molecule has 0 aromatic carbocycles. The molecule has 28 heavy (non-hydrogen) atoms. The van der Waals surface area contributed by atoms with Crippen LogP contribution in [0.25, 0.3) is 18.0 Å². The van der Waals surface area contributed by atoms with Gasteiger partial charge in [-0.1, -0.05) is 0 Å². The molecule has 0 atom stereocenters. The van der Waals surface area contributed by atoms with Crippen LogP contribution >= 0.6 is 0 Å². The van der Waals surface area contributed by atoms with Gasteiger partial charge >= 0.3 is 12.5 Å². The highest BCUT2D eigenvalue weighted by molar-refractivity contribution is 5.68. The predicted octanol–water partition coefficient (Wildman–Crippen LogP) is 2.58. The summed E-state index contributed by atoms with van der Waals surface area (Å²) in [5.74, 6) is 0.218. The number of aromatic nitrogens is 5. The number of carbonyl (C=O) groups is 1. The van der Waals surface area contributed by atoms with Crippen LogP contribution in [0.2, 0.25) is 0 Å². The topological polar surface area (TPSA) is 118 Å². The fourth-order valence-electron chi connectivity index (χ4n) is 1.99. The lowest BCUT2D eigenvalue weighted by Crippen LogP contribution is -2.17. The van der Waals surface area contributed by atoms with Gasteiger partial charge in [-0.2, -0.15) is 0 Å². The molecule has 0 unspecified atom stereocenters. The van der Waals surface area contributed by atoms with Gasteiger partial charge in [0.1, 0.15) is 12.1 Å². The number of primary amides is 1. The third-order valence-corrected chi connectivity index (χ3v) is 3.09. The molecule has 12 heteroatoms. The first-order valence-electron chi connectivity index (χ1n) is 7.54. The molecule has 0 radical (unpaired) electrons. The number of nitrogens with zero attached hydrogens (tertiary/aromatic N) is 5. The summed E-state index contributed by atoms with van der Waals surface area (Å²) < 4.78 is 46.1. The number of rotatable bonds is 5. The Bertz CT molecular complexity index is 984. The molecule has 0 saturated carbocycles. The summed E-state index contributed by atoms with van der Waals surface area (Å²) in [5.41, 5.74) is 5.57. The van der Waals surface area contributed by atoms with Crippen molar-refractivity contribution in [3.63, 3.8) is 0 Å². The van der Waals surface area contributed by atoms with Crippen molar-refractivity contribution in [2.24, 2.45) is 5.73 Å². The molecule has 0 aliphatic rings. The molecular weight excluding hydrogens is 381 g/mol. The molecule has 3 rings (SSSR count). The van der Waals surface area contributed by atoms with Crippen molar-refractivity contribution in [3.05, 3.63) is 54.4 Å². The first-order valence-corrected chi connectivity index (χ1v) is 7.54. The quantitative estimate of drug-likeness (QED) is 0.709. The summed E-state index contributed by atoms with van der Waals surface area (Å²) in [6.45, 7) is 0. The molecule has 144 valence electrons. The maximum Gasteiger partial charge on any atom is 0.573 e. The first-order chi connectivity index (χ1) is 13.3. The number of hydrogen-bond donors (Lipinski definition) is 1. The molecule has 0 bridgehead atoms. The lowest BCUT2D eigenvalue weighted by molar-refractivity contribution is -0.274. The van der Waals surface area contributed by atoms with Gasteiger partial charge in [0.15, 0.2) is 11.6 Å². The first kappa shape index (κ1) is 18.8. The number of amides is 1. The molecule has 3 aromatic heterocycles. The zero-order valence-electron chi connectivity index (χ0n) is 13.9. The molecule has 0 saturated heterocycles. The van der Waals surface area contributed by atoms with E-state index in [1.807, 2.05) is 0 Å². The number of alkyl halides is 3. The van der Waals surface area contributed by atoms with Gasteiger partial charge in [-0.3, -0.25) is 0 Å². The minimum absolute atomic E-state index is 0.0658. The van der Waals surface area contributed by atoms with Crippen LogP contribution < -0.4 is 15.2 Å². The highest BCUT2D eigenvalue weighted by Crippen LogP contribution is 2.22. The molecule has 0 fully saturated rings. The highest BCUT2D eigenvalue weighted by atomic mass is 19.4. The van der Waals surface area contributed by atoms with Crippen LogP contribution in [0.1, 0.15) is 11.4 Å². The predicted molar refractivity (Wildman–Crippen MR) is 89.2 cm³/mol. The van der Waals surface area contributed by atoms with E-state index < -0.39 is 18.2 Å². The Balaban J connectivity index is 1.66. The van der Waals surface area contributed by atoms with Gasteiger partial charge in [0.05, 0.1) is 6.20 Å². The monoisotopic (exact) mass is 392 g/mol. The Labute approximate surface area is 155 Å². The largest absolute Gasteiger partial charge is 0.573 e. The fraction of sp³-hybridized carbons (Fsp3) is 0.0625. The number of carbonyl (C=O) groups excluding carboxylic acids is 1. The molecule has 1 amide bonds. The van der Waals surface area contributed by atoms with Gasteiger partial charge in [-0.25, -0.2) is 24.4 Å². The average molecular weight is 392 g/mol. The van der Waals surface area contributed by atoms with E-state index in [2.05, 4.69) is 29.5 Å². The summed E-state index contributed by atoms with van der Waals surface area (Å²) >= 11 is 0. The highest BCUT2D eigenvalue weighted by Gasteiger charge is 2.31. The molecule has 0 aliphatic carbocycles. The molecule has 3 aromatic rings. The van der Waals surface area contributed by atoms with Crippen molar-refractivity contribution in [1.82, 2.24) is 24.7 Å². The summed E-state index contributed by atoms with van der Waals surface area (Å²) in [6.07, 6.45) is 1.24. The lowest BCUT2D eigenvalue weighted by atomic mass is 10.2. The molecule has 3 heterocycles. The second kappa shape index (κ2) is 7.73. The van der Waals surface area contributed by atoms with E-state index in [4.69, 9.17) is 5.73 Å². The number of pyridine rings is 2. The lowest BCUT2D eigenvalue weighted by Gasteiger charge is -2.08. The van der Waals surface area contributed by atoms with Gasteiger partial charge < -0.3 is 15.2 Å². The van der Waals surface area contributed by atoms with Crippen molar-refractivity contribution in [3.8, 4) is 17.4 Å².